The first-order valence-corrected chi connectivity index (χ1v) is 11.5. The average molecular weight is 435 g/mol. The summed E-state index contributed by atoms with van der Waals surface area (Å²) < 4.78 is 5.68. The molecule has 0 radical (unpaired) electrons. The summed E-state index contributed by atoms with van der Waals surface area (Å²) in [5, 5.41) is 2.63. The number of piperidine rings is 1. The molecule has 0 N–H and O–H groups in total. The summed E-state index contributed by atoms with van der Waals surface area (Å²) in [5.74, 6) is 0.907. The molecule has 1 aliphatic heterocycles. The quantitative estimate of drug-likeness (QED) is 0.492. The number of rotatable bonds is 6. The van der Waals surface area contributed by atoms with Gasteiger partial charge in [-0.25, -0.2) is 4.98 Å². The molecule has 1 saturated heterocycles. The summed E-state index contributed by atoms with van der Waals surface area (Å²) in [4.78, 5) is 32.0. The lowest BCUT2D eigenvalue weighted by molar-refractivity contribution is 0.0646. The summed E-state index contributed by atoms with van der Waals surface area (Å²) in [5.41, 5.74) is 2.18. The van der Waals surface area contributed by atoms with Crippen LogP contribution in [-0.4, -0.2) is 40.8 Å². The Bertz CT molecular complexity index is 1040. The number of amides is 1. The predicted molar refractivity (Wildman–Crippen MR) is 123 cm³/mol. The topological polar surface area (TPSA) is 59.5 Å². The highest BCUT2D eigenvalue weighted by atomic mass is 32.1. The predicted octanol–water partition coefficient (Wildman–Crippen LogP) is 5.33. The number of ketones is 1. The molecule has 5 nitrogen and oxygen atoms in total. The molecule has 2 aromatic carbocycles. The lowest BCUT2D eigenvalue weighted by atomic mass is 9.89. The van der Waals surface area contributed by atoms with Crippen LogP contribution in [0.1, 0.15) is 47.5 Å². The van der Waals surface area contributed by atoms with Crippen LogP contribution >= 0.6 is 11.3 Å². The summed E-state index contributed by atoms with van der Waals surface area (Å²) in [6, 6.07) is 17.2. The summed E-state index contributed by atoms with van der Waals surface area (Å²) in [7, 11) is 0. The Morgan fingerprint density at radius 2 is 1.71 bits per heavy atom. The molecule has 1 aromatic heterocycles. The molecule has 0 spiro atoms. The number of carbonyl (C=O) groups excluding carboxylic acids is 2. The number of Topliss-reactive ketones (excluding diaryl/α,β-unsaturated/α-hetero) is 1. The van der Waals surface area contributed by atoms with Gasteiger partial charge in [0.25, 0.3) is 5.91 Å². The average Bonchev–Trinajstić information content (AvgIpc) is 3.29. The number of carbonyl (C=O) groups is 2. The standard InChI is InChI=1S/C25H26N2O3S/c1-17(2)30-21-10-8-20(9-11-21)24-26-22(16-31-24)25(29)27-14-12-19(13-15-27)23(28)18-6-4-3-5-7-18/h3-11,16-17,19H,12-15H2,1-2H3. The van der Waals surface area contributed by atoms with Crippen LogP contribution in [0.5, 0.6) is 5.75 Å². The van der Waals surface area contributed by atoms with Crippen LogP contribution in [0.4, 0.5) is 0 Å². The number of benzene rings is 2. The Kier molecular flexibility index (Phi) is 6.47. The van der Waals surface area contributed by atoms with Crippen molar-refractivity contribution in [2.45, 2.75) is 32.8 Å². The molecule has 4 rings (SSSR count). The molecule has 6 heteroatoms. The van der Waals surface area contributed by atoms with E-state index < -0.39 is 0 Å². The van der Waals surface area contributed by atoms with Gasteiger partial charge in [0.2, 0.25) is 0 Å². The Labute approximate surface area is 186 Å². The molecule has 31 heavy (non-hydrogen) atoms. The number of nitrogens with zero attached hydrogens (tertiary/aromatic N) is 2. The molecule has 0 aliphatic carbocycles. The molecular formula is C25H26N2O3S. The van der Waals surface area contributed by atoms with Crippen LogP contribution in [0.15, 0.2) is 60.0 Å². The summed E-state index contributed by atoms with van der Waals surface area (Å²) in [6.45, 7) is 5.15. The molecule has 1 aliphatic rings. The maximum absolute atomic E-state index is 12.9. The minimum Gasteiger partial charge on any atom is -0.491 e. The Balaban J connectivity index is 1.37. The monoisotopic (exact) mass is 434 g/mol. The second-order valence-corrected chi connectivity index (χ2v) is 8.88. The molecule has 2 heterocycles. The van der Waals surface area contributed by atoms with E-state index in [-0.39, 0.29) is 23.7 Å². The lowest BCUT2D eigenvalue weighted by Gasteiger charge is -2.30. The van der Waals surface area contributed by atoms with Gasteiger partial charge in [-0.2, -0.15) is 0 Å². The SMILES string of the molecule is CC(C)Oc1ccc(-c2nc(C(=O)N3CCC(C(=O)c4ccccc4)CC3)cs2)cc1. The third kappa shape index (κ3) is 5.02. The van der Waals surface area contributed by atoms with E-state index in [9.17, 15) is 9.59 Å². The zero-order chi connectivity index (χ0) is 21.8. The van der Waals surface area contributed by atoms with Crippen molar-refractivity contribution < 1.29 is 14.3 Å². The van der Waals surface area contributed by atoms with Crippen LogP contribution in [0.25, 0.3) is 10.6 Å². The van der Waals surface area contributed by atoms with E-state index in [0.717, 1.165) is 21.9 Å². The van der Waals surface area contributed by atoms with Crippen molar-refractivity contribution in [1.82, 2.24) is 9.88 Å². The molecule has 0 atom stereocenters. The van der Waals surface area contributed by atoms with Gasteiger partial charge in [-0.05, 0) is 51.0 Å². The zero-order valence-corrected chi connectivity index (χ0v) is 18.6. The van der Waals surface area contributed by atoms with Crippen LogP contribution in [-0.2, 0) is 0 Å². The molecule has 160 valence electrons. The van der Waals surface area contributed by atoms with Crippen molar-refractivity contribution in [3.63, 3.8) is 0 Å². The lowest BCUT2D eigenvalue weighted by Crippen LogP contribution is -2.40. The summed E-state index contributed by atoms with van der Waals surface area (Å²) >= 11 is 1.46. The fraction of sp³-hybridized carbons (Fsp3) is 0.320. The number of hydrogen-bond donors (Lipinski definition) is 0. The van der Waals surface area contributed by atoms with Crippen LogP contribution in [0.3, 0.4) is 0 Å². The fourth-order valence-electron chi connectivity index (χ4n) is 3.80. The van der Waals surface area contributed by atoms with Crippen molar-refractivity contribution >= 4 is 23.0 Å². The number of hydrogen-bond acceptors (Lipinski definition) is 5. The number of thiazole rings is 1. The van der Waals surface area contributed by atoms with E-state index in [4.69, 9.17) is 4.74 Å². The van der Waals surface area contributed by atoms with E-state index in [1.54, 1.807) is 0 Å². The highest BCUT2D eigenvalue weighted by Gasteiger charge is 2.29. The molecular weight excluding hydrogens is 408 g/mol. The van der Waals surface area contributed by atoms with Crippen molar-refractivity contribution in [2.75, 3.05) is 13.1 Å². The number of likely N-dealkylation sites (tertiary alicyclic amines) is 1. The number of ether oxygens (including phenoxy) is 1. The largest absolute Gasteiger partial charge is 0.491 e. The van der Waals surface area contributed by atoms with E-state index in [2.05, 4.69) is 4.98 Å². The molecule has 0 bridgehead atoms. The maximum atomic E-state index is 12.9. The zero-order valence-electron chi connectivity index (χ0n) is 17.8. The highest BCUT2D eigenvalue weighted by Crippen LogP contribution is 2.28. The van der Waals surface area contributed by atoms with Gasteiger partial charge in [0.05, 0.1) is 6.10 Å². The van der Waals surface area contributed by atoms with Crippen molar-refractivity contribution in [3.05, 3.63) is 71.2 Å². The normalized spacial score (nSPS) is 14.6. The van der Waals surface area contributed by atoms with Gasteiger partial charge in [-0.1, -0.05) is 30.3 Å². The maximum Gasteiger partial charge on any atom is 0.273 e. The van der Waals surface area contributed by atoms with Crippen LogP contribution in [0.2, 0.25) is 0 Å². The molecule has 0 unspecified atom stereocenters. The van der Waals surface area contributed by atoms with E-state index in [1.807, 2.05) is 78.7 Å². The van der Waals surface area contributed by atoms with Gasteiger partial charge in [-0.3, -0.25) is 9.59 Å². The Hall–Kier alpha value is -2.99. The second kappa shape index (κ2) is 9.43. The molecule has 1 fully saturated rings. The van der Waals surface area contributed by atoms with Gasteiger partial charge >= 0.3 is 0 Å². The summed E-state index contributed by atoms with van der Waals surface area (Å²) in [6.07, 6.45) is 1.50. The minimum atomic E-state index is -0.0622. The van der Waals surface area contributed by atoms with E-state index in [1.165, 1.54) is 11.3 Å². The first-order valence-electron chi connectivity index (χ1n) is 10.6. The first kappa shape index (κ1) is 21.2. The number of aromatic nitrogens is 1. The Morgan fingerprint density at radius 3 is 2.35 bits per heavy atom. The van der Waals surface area contributed by atoms with Crippen molar-refractivity contribution in [2.24, 2.45) is 5.92 Å². The van der Waals surface area contributed by atoms with Crippen molar-refractivity contribution in [1.29, 1.82) is 0 Å². The van der Waals surface area contributed by atoms with Crippen LogP contribution in [0, 0.1) is 5.92 Å². The van der Waals surface area contributed by atoms with Crippen LogP contribution < -0.4 is 4.74 Å². The van der Waals surface area contributed by atoms with E-state index in [0.29, 0.717) is 31.6 Å². The molecule has 3 aromatic rings. The minimum absolute atomic E-state index is 0.0241. The van der Waals surface area contributed by atoms with E-state index >= 15 is 0 Å². The fourth-order valence-corrected chi connectivity index (χ4v) is 4.60. The molecule has 1 amide bonds. The van der Waals surface area contributed by atoms with Gasteiger partial charge in [0.15, 0.2) is 5.78 Å². The molecule has 0 saturated carbocycles. The first-order chi connectivity index (χ1) is 15.0. The Morgan fingerprint density at radius 1 is 1.03 bits per heavy atom. The van der Waals surface area contributed by atoms with Gasteiger partial charge < -0.3 is 9.64 Å². The van der Waals surface area contributed by atoms with Gasteiger partial charge in [-0.15, -0.1) is 11.3 Å². The highest BCUT2D eigenvalue weighted by molar-refractivity contribution is 7.13. The third-order valence-electron chi connectivity index (χ3n) is 5.41. The van der Waals surface area contributed by atoms with Gasteiger partial charge in [0, 0.05) is 35.5 Å². The smallest absolute Gasteiger partial charge is 0.273 e. The second-order valence-electron chi connectivity index (χ2n) is 8.03. The van der Waals surface area contributed by atoms with Gasteiger partial charge in [0.1, 0.15) is 16.5 Å². The van der Waals surface area contributed by atoms with Crippen molar-refractivity contribution in [3.8, 4) is 16.3 Å². The third-order valence-corrected chi connectivity index (χ3v) is 6.30.